The van der Waals surface area contributed by atoms with E-state index in [1.165, 1.54) is 181 Å². The van der Waals surface area contributed by atoms with E-state index >= 15 is 0 Å². The molecule has 7 saturated heterocycles. The van der Waals surface area contributed by atoms with E-state index < -0.39 is 0 Å². The lowest BCUT2D eigenvalue weighted by molar-refractivity contribution is 0.0408. The number of likely N-dealkylation sites (N-methyl/N-ethyl adjacent to an activating group) is 5. The quantitative estimate of drug-likeness (QED) is 0.231. The zero-order valence-corrected chi connectivity index (χ0v) is 52.7. The van der Waals surface area contributed by atoms with Gasteiger partial charge in [0, 0.05) is 147 Å². The molecule has 0 radical (unpaired) electrons. The van der Waals surface area contributed by atoms with Gasteiger partial charge in [0.15, 0.2) is 0 Å². The molecule has 8 rings (SSSR count). The van der Waals surface area contributed by atoms with E-state index in [0.29, 0.717) is 36.5 Å². The lowest BCUT2D eigenvalue weighted by Crippen LogP contribution is -2.45. The van der Waals surface area contributed by atoms with Gasteiger partial charge in [0.25, 0.3) is 0 Å². The van der Waals surface area contributed by atoms with Gasteiger partial charge in [-0.05, 0) is 185 Å². The molecular formula is C59H127N9O8. The third kappa shape index (κ3) is 36.6. The van der Waals surface area contributed by atoms with E-state index in [1.54, 1.807) is 49.8 Å². The highest BCUT2D eigenvalue weighted by atomic mass is 16.5. The topological polar surface area (TPSA) is 112 Å². The highest BCUT2D eigenvalue weighted by Gasteiger charge is 2.22. The third-order valence-electron chi connectivity index (χ3n) is 16.7. The summed E-state index contributed by atoms with van der Waals surface area (Å²) in [6, 6.07) is 2.11. The van der Waals surface area contributed by atoms with E-state index in [2.05, 4.69) is 93.8 Å². The first-order chi connectivity index (χ1) is 36.7. The van der Waals surface area contributed by atoms with Gasteiger partial charge in [0.2, 0.25) is 0 Å². The van der Waals surface area contributed by atoms with Crippen molar-refractivity contribution in [2.24, 2.45) is 5.92 Å². The molecule has 0 amide bonds. The van der Waals surface area contributed by atoms with Crippen LogP contribution in [0.4, 0.5) is 0 Å². The van der Waals surface area contributed by atoms with E-state index in [9.17, 15) is 0 Å². The molecule has 7 heterocycles. The molecule has 5 atom stereocenters. The average molecular weight is 1090 g/mol. The summed E-state index contributed by atoms with van der Waals surface area (Å²) >= 11 is 0. The van der Waals surface area contributed by atoms with Crippen molar-refractivity contribution in [3.63, 3.8) is 0 Å². The number of hydrogen-bond donors (Lipinski definition) is 1. The first-order valence-electron chi connectivity index (χ1n) is 30.0. The van der Waals surface area contributed by atoms with Crippen molar-refractivity contribution >= 4 is 0 Å². The maximum atomic E-state index is 5.26. The SMILES string of the molecule is CNC1CCC(OC)CC1.COC1CCCN(C)C1.COC1CCN(C)C1.COC1CCN(C)CC1.COCC1CCCCN1C.COCC1CCCN(C)C1.COCC1CCCN1C.COCCN1CCN(C)CC1. The first-order valence-corrected chi connectivity index (χ1v) is 30.0. The van der Waals surface area contributed by atoms with Gasteiger partial charge in [-0.1, -0.05) is 6.42 Å². The van der Waals surface area contributed by atoms with Gasteiger partial charge >= 0.3 is 0 Å². The smallest absolute Gasteiger partial charge is 0.0710 e. The lowest BCUT2D eigenvalue weighted by atomic mass is 9.93. The molecule has 76 heavy (non-hydrogen) atoms. The number of nitrogens with one attached hydrogen (secondary N) is 1. The fourth-order valence-electron chi connectivity index (χ4n) is 11.1. The summed E-state index contributed by atoms with van der Waals surface area (Å²) in [6.45, 7) is 21.5. The Morgan fingerprint density at radius 2 is 0.789 bits per heavy atom. The molecule has 1 aliphatic carbocycles. The fourth-order valence-corrected chi connectivity index (χ4v) is 11.1. The van der Waals surface area contributed by atoms with Gasteiger partial charge in [0.05, 0.1) is 50.8 Å². The molecule has 0 spiro atoms. The molecule has 0 aromatic heterocycles. The normalized spacial score (nSPS) is 28.7. The number of likely N-dealkylation sites (tertiary alicyclic amines) is 6. The molecule has 8 fully saturated rings. The molecule has 1 saturated carbocycles. The Labute approximate surface area is 469 Å². The minimum Gasteiger partial charge on any atom is -0.384 e. The van der Waals surface area contributed by atoms with Gasteiger partial charge in [0.1, 0.15) is 0 Å². The van der Waals surface area contributed by atoms with Gasteiger partial charge in [-0.25, -0.2) is 0 Å². The largest absolute Gasteiger partial charge is 0.384 e. The van der Waals surface area contributed by atoms with E-state index in [-0.39, 0.29) is 0 Å². The minimum absolute atomic E-state index is 0.490. The highest BCUT2D eigenvalue weighted by Crippen LogP contribution is 2.20. The van der Waals surface area contributed by atoms with Crippen LogP contribution in [0, 0.1) is 5.92 Å². The van der Waals surface area contributed by atoms with Crippen molar-refractivity contribution in [3.8, 4) is 0 Å². The molecule has 0 aromatic carbocycles. The summed E-state index contributed by atoms with van der Waals surface area (Å²) in [5, 5.41) is 3.29. The van der Waals surface area contributed by atoms with Crippen molar-refractivity contribution in [3.05, 3.63) is 0 Å². The molecule has 456 valence electrons. The highest BCUT2D eigenvalue weighted by molar-refractivity contribution is 4.78. The van der Waals surface area contributed by atoms with Gasteiger partial charge < -0.3 is 77.5 Å². The predicted molar refractivity (Wildman–Crippen MR) is 318 cm³/mol. The summed E-state index contributed by atoms with van der Waals surface area (Å²) in [6.07, 6.45) is 22.5. The number of ether oxygens (including phenoxy) is 8. The number of nitrogens with zero attached hydrogens (tertiary/aromatic N) is 8. The number of rotatable bonds is 14. The molecule has 17 nitrogen and oxygen atoms in total. The summed E-state index contributed by atoms with van der Waals surface area (Å²) in [5.74, 6) is 0.781. The summed E-state index contributed by atoms with van der Waals surface area (Å²) in [4.78, 5) is 18.9. The summed E-state index contributed by atoms with van der Waals surface area (Å²) < 4.78 is 41.1. The molecule has 5 unspecified atom stereocenters. The Bertz CT molecular complexity index is 1230. The lowest BCUT2D eigenvalue weighted by Gasteiger charge is -2.31. The number of methoxy groups -OCH3 is 8. The molecule has 0 aromatic rings. The second-order valence-electron chi connectivity index (χ2n) is 23.1. The average Bonchev–Trinajstić information content (AvgIpc) is 4.07. The van der Waals surface area contributed by atoms with Crippen molar-refractivity contribution in [2.45, 2.75) is 145 Å². The fraction of sp³-hybridized carbons (Fsp3) is 1.00. The Balaban J connectivity index is 0.000000435. The van der Waals surface area contributed by atoms with Crippen LogP contribution >= 0.6 is 0 Å². The molecule has 8 aliphatic rings. The maximum Gasteiger partial charge on any atom is 0.0710 e. The van der Waals surface area contributed by atoms with Crippen LogP contribution in [-0.2, 0) is 37.9 Å². The zero-order valence-electron chi connectivity index (χ0n) is 52.7. The van der Waals surface area contributed by atoms with Crippen LogP contribution in [0.3, 0.4) is 0 Å². The van der Waals surface area contributed by atoms with Crippen LogP contribution in [0.1, 0.15) is 103 Å². The Morgan fingerprint density at radius 3 is 1.22 bits per heavy atom. The predicted octanol–water partition coefficient (Wildman–Crippen LogP) is 5.65. The van der Waals surface area contributed by atoms with Crippen LogP contribution in [-0.4, -0.2) is 320 Å². The van der Waals surface area contributed by atoms with Crippen molar-refractivity contribution in [2.75, 3.05) is 238 Å². The van der Waals surface area contributed by atoms with Crippen LogP contribution < -0.4 is 5.32 Å². The molecule has 0 bridgehead atoms. The monoisotopic (exact) mass is 1090 g/mol. The molecule has 1 N–H and O–H groups in total. The van der Waals surface area contributed by atoms with E-state index in [4.69, 9.17) is 37.9 Å². The van der Waals surface area contributed by atoms with E-state index in [0.717, 1.165) is 58.0 Å². The number of hydrogen-bond acceptors (Lipinski definition) is 17. The van der Waals surface area contributed by atoms with Crippen LogP contribution in [0.25, 0.3) is 0 Å². The van der Waals surface area contributed by atoms with Gasteiger partial charge in [-0.15, -0.1) is 0 Å². The van der Waals surface area contributed by atoms with Crippen molar-refractivity contribution < 1.29 is 37.9 Å². The van der Waals surface area contributed by atoms with Gasteiger partial charge in [-0.3, -0.25) is 4.90 Å². The second kappa shape index (κ2) is 47.9. The molecular weight excluding hydrogens is 963 g/mol. The Kier molecular flexibility index (Phi) is 46.2. The summed E-state index contributed by atoms with van der Waals surface area (Å²) in [7, 11) is 31.5. The first kappa shape index (κ1) is 73.3. The van der Waals surface area contributed by atoms with Crippen LogP contribution in [0.2, 0.25) is 0 Å². The summed E-state index contributed by atoms with van der Waals surface area (Å²) in [5.41, 5.74) is 0. The second-order valence-corrected chi connectivity index (χ2v) is 23.1. The Morgan fingerprint density at radius 1 is 0.355 bits per heavy atom. The molecule has 17 heteroatoms. The van der Waals surface area contributed by atoms with Crippen LogP contribution in [0.15, 0.2) is 0 Å². The van der Waals surface area contributed by atoms with Crippen molar-refractivity contribution in [1.82, 2.24) is 44.5 Å². The van der Waals surface area contributed by atoms with Gasteiger partial charge in [-0.2, -0.15) is 0 Å². The van der Waals surface area contributed by atoms with E-state index in [1.807, 2.05) is 14.2 Å². The van der Waals surface area contributed by atoms with Crippen molar-refractivity contribution in [1.29, 1.82) is 0 Å². The third-order valence-corrected chi connectivity index (χ3v) is 16.7. The van der Waals surface area contributed by atoms with Crippen LogP contribution in [0.5, 0.6) is 0 Å². The number of piperidine rings is 4. The maximum absolute atomic E-state index is 5.26. The Hall–Kier alpha value is -0.680. The zero-order chi connectivity index (χ0) is 56.4. The molecule has 7 aliphatic heterocycles. The standard InChI is InChI=1S/C8H18N2O.3C8H17NO.3C7H15NO.C6H13NO/c1-9-3-5-10(6-4-9)7-8-11-2;1-9-7-3-5-8(10-2)6-4-7;1-9-5-3-4-8(6-9)7-10-2;1-9-6-4-3-5-8(9)7-10-2;1-8-5-3-7(9-2)4-6-8;1-8-5-3-4-7(8)6-9-2;1-8-5-3-4-7(6-8)9-2;1-7-4-3-6(5-7)8-2/h3-8H2,1-2H3;7-9H,3-6H2,1-2H3;2*8H,3-7H2,1-2H3;3*7H,3-6H2,1-2H3;6H,3-5H2,1-2H3. The minimum atomic E-state index is 0.490. The number of piperazine rings is 1.